The average Bonchev–Trinajstić information content (AvgIpc) is 2.82. The van der Waals surface area contributed by atoms with E-state index in [2.05, 4.69) is 5.16 Å². The van der Waals surface area contributed by atoms with Gasteiger partial charge in [-0.2, -0.15) is 0 Å². The van der Waals surface area contributed by atoms with E-state index in [1.807, 2.05) is 31.1 Å². The predicted octanol–water partition coefficient (Wildman–Crippen LogP) is 3.15. The van der Waals surface area contributed by atoms with E-state index in [0.717, 1.165) is 42.0 Å². The summed E-state index contributed by atoms with van der Waals surface area (Å²) in [6.07, 6.45) is 2.58. The summed E-state index contributed by atoms with van der Waals surface area (Å²) in [5.41, 5.74) is 2.96. The van der Waals surface area contributed by atoms with E-state index in [9.17, 15) is 4.39 Å². The Kier molecular flexibility index (Phi) is 3.01. The zero-order chi connectivity index (χ0) is 13.4. The van der Waals surface area contributed by atoms with Crippen molar-refractivity contribution in [2.45, 2.75) is 25.2 Å². The summed E-state index contributed by atoms with van der Waals surface area (Å²) in [6.45, 7) is 0. The molecule has 1 aromatic heterocycles. The summed E-state index contributed by atoms with van der Waals surface area (Å²) in [5.74, 6) is 0.904. The van der Waals surface area contributed by atoms with Crippen molar-refractivity contribution in [3.05, 3.63) is 46.9 Å². The third-order valence-electron chi connectivity index (χ3n) is 3.78. The number of benzene rings is 1. The van der Waals surface area contributed by atoms with Crippen LogP contribution in [0, 0.1) is 5.82 Å². The Balaban J connectivity index is 1.93. The average molecular weight is 260 g/mol. The van der Waals surface area contributed by atoms with Crippen LogP contribution in [0.15, 0.2) is 28.8 Å². The molecule has 100 valence electrons. The maximum Gasteiger partial charge on any atom is 0.230 e. The van der Waals surface area contributed by atoms with Gasteiger partial charge in [-0.1, -0.05) is 23.4 Å². The predicted molar refractivity (Wildman–Crippen MR) is 72.0 cm³/mol. The van der Waals surface area contributed by atoms with Gasteiger partial charge in [0.15, 0.2) is 0 Å². The first-order chi connectivity index (χ1) is 9.16. The van der Waals surface area contributed by atoms with E-state index in [-0.39, 0.29) is 11.7 Å². The zero-order valence-corrected chi connectivity index (χ0v) is 11.2. The fourth-order valence-electron chi connectivity index (χ4n) is 2.82. The molecule has 0 spiro atoms. The van der Waals surface area contributed by atoms with E-state index >= 15 is 0 Å². The van der Waals surface area contributed by atoms with Crippen LogP contribution in [-0.2, 0) is 12.8 Å². The molecular weight excluding hydrogens is 243 g/mol. The summed E-state index contributed by atoms with van der Waals surface area (Å²) in [5, 5.41) is 4.12. The van der Waals surface area contributed by atoms with Crippen LogP contribution in [0.1, 0.15) is 29.2 Å². The molecule has 1 heterocycles. The van der Waals surface area contributed by atoms with Crippen molar-refractivity contribution in [3.8, 4) is 0 Å². The lowest BCUT2D eigenvalue weighted by Gasteiger charge is -2.23. The molecule has 1 aliphatic rings. The number of aryl methyl sites for hydroxylation is 1. The Bertz CT molecular complexity index is 592. The molecule has 1 aliphatic carbocycles. The summed E-state index contributed by atoms with van der Waals surface area (Å²) in [4.78, 5) is 1.93. The van der Waals surface area contributed by atoms with Gasteiger partial charge in [-0.05, 0) is 36.8 Å². The molecule has 4 heteroatoms. The topological polar surface area (TPSA) is 29.3 Å². The number of hydrogen-bond donors (Lipinski definition) is 0. The molecule has 3 rings (SSSR count). The quantitative estimate of drug-likeness (QED) is 0.830. The first-order valence-corrected chi connectivity index (χ1v) is 6.56. The lowest BCUT2D eigenvalue weighted by Crippen LogP contribution is -2.16. The van der Waals surface area contributed by atoms with Crippen molar-refractivity contribution in [2.24, 2.45) is 0 Å². The minimum Gasteiger partial charge on any atom is -0.347 e. The largest absolute Gasteiger partial charge is 0.347 e. The van der Waals surface area contributed by atoms with Crippen LogP contribution in [0.5, 0.6) is 0 Å². The smallest absolute Gasteiger partial charge is 0.230 e. The maximum absolute atomic E-state index is 13.9. The van der Waals surface area contributed by atoms with Gasteiger partial charge >= 0.3 is 0 Å². The second-order valence-corrected chi connectivity index (χ2v) is 5.27. The van der Waals surface area contributed by atoms with Gasteiger partial charge in [-0.15, -0.1) is 0 Å². The van der Waals surface area contributed by atoms with Crippen LogP contribution < -0.4 is 4.90 Å². The molecule has 19 heavy (non-hydrogen) atoms. The molecule has 0 bridgehead atoms. The number of aromatic nitrogens is 1. The number of anilines is 1. The van der Waals surface area contributed by atoms with Crippen molar-refractivity contribution in [3.63, 3.8) is 0 Å². The number of rotatable bonds is 2. The Morgan fingerprint density at radius 3 is 2.84 bits per heavy atom. The standard InChI is InChI=1S/C15H17FN2O/c1-18(2)15-12-9-10(7-8-14(12)17-19-15)11-5-3-4-6-13(11)16/h3-6,10H,7-9H2,1-2H3. The van der Waals surface area contributed by atoms with Crippen LogP contribution in [0.2, 0.25) is 0 Å². The molecule has 0 radical (unpaired) electrons. The highest BCUT2D eigenvalue weighted by atomic mass is 19.1. The van der Waals surface area contributed by atoms with Crippen molar-refractivity contribution in [1.82, 2.24) is 5.16 Å². The molecule has 0 saturated carbocycles. The Morgan fingerprint density at radius 1 is 1.32 bits per heavy atom. The second-order valence-electron chi connectivity index (χ2n) is 5.27. The summed E-state index contributed by atoms with van der Waals surface area (Å²) in [6, 6.07) is 7.05. The van der Waals surface area contributed by atoms with Gasteiger partial charge in [-0.25, -0.2) is 4.39 Å². The van der Waals surface area contributed by atoms with E-state index in [4.69, 9.17) is 4.52 Å². The molecule has 2 aromatic rings. The number of halogens is 1. The molecule has 1 atom stereocenters. The molecule has 3 nitrogen and oxygen atoms in total. The van der Waals surface area contributed by atoms with Gasteiger partial charge < -0.3 is 9.42 Å². The van der Waals surface area contributed by atoms with Crippen LogP contribution >= 0.6 is 0 Å². The highest BCUT2D eigenvalue weighted by Crippen LogP contribution is 2.37. The molecule has 1 aromatic carbocycles. The Hall–Kier alpha value is -1.84. The molecular formula is C15H17FN2O. The molecule has 0 aliphatic heterocycles. The fourth-order valence-corrected chi connectivity index (χ4v) is 2.82. The van der Waals surface area contributed by atoms with Crippen molar-refractivity contribution in [2.75, 3.05) is 19.0 Å². The number of fused-ring (bicyclic) bond motifs is 1. The normalized spacial score (nSPS) is 18.2. The minimum absolute atomic E-state index is 0.112. The zero-order valence-electron chi connectivity index (χ0n) is 11.2. The van der Waals surface area contributed by atoms with Crippen molar-refractivity contribution >= 4 is 5.88 Å². The summed E-state index contributed by atoms with van der Waals surface area (Å²) >= 11 is 0. The number of hydrogen-bond acceptors (Lipinski definition) is 3. The van der Waals surface area contributed by atoms with Gasteiger partial charge in [0.1, 0.15) is 5.82 Å². The minimum atomic E-state index is -0.112. The summed E-state index contributed by atoms with van der Waals surface area (Å²) < 4.78 is 19.3. The summed E-state index contributed by atoms with van der Waals surface area (Å²) in [7, 11) is 3.88. The first kappa shape index (κ1) is 12.2. The third kappa shape index (κ3) is 2.11. The lowest BCUT2D eigenvalue weighted by atomic mass is 9.82. The van der Waals surface area contributed by atoms with E-state index in [0.29, 0.717) is 0 Å². The highest BCUT2D eigenvalue weighted by molar-refractivity contribution is 5.47. The van der Waals surface area contributed by atoms with Gasteiger partial charge in [0.25, 0.3) is 0 Å². The van der Waals surface area contributed by atoms with Gasteiger partial charge in [0.2, 0.25) is 5.88 Å². The molecule has 1 unspecified atom stereocenters. The van der Waals surface area contributed by atoms with E-state index in [1.165, 1.54) is 6.07 Å². The van der Waals surface area contributed by atoms with Crippen LogP contribution in [-0.4, -0.2) is 19.3 Å². The van der Waals surface area contributed by atoms with Crippen LogP contribution in [0.25, 0.3) is 0 Å². The third-order valence-corrected chi connectivity index (χ3v) is 3.78. The van der Waals surface area contributed by atoms with Gasteiger partial charge in [0, 0.05) is 19.7 Å². The lowest BCUT2D eigenvalue weighted by molar-refractivity contribution is 0.414. The van der Waals surface area contributed by atoms with Gasteiger partial charge in [0.05, 0.1) is 5.69 Å². The fraction of sp³-hybridized carbons (Fsp3) is 0.400. The first-order valence-electron chi connectivity index (χ1n) is 6.56. The van der Waals surface area contributed by atoms with Crippen LogP contribution in [0.4, 0.5) is 10.3 Å². The Labute approximate surface area is 112 Å². The Morgan fingerprint density at radius 2 is 2.11 bits per heavy atom. The van der Waals surface area contributed by atoms with Crippen molar-refractivity contribution in [1.29, 1.82) is 0 Å². The van der Waals surface area contributed by atoms with Gasteiger partial charge in [-0.3, -0.25) is 0 Å². The molecule has 0 fully saturated rings. The van der Waals surface area contributed by atoms with E-state index < -0.39 is 0 Å². The SMILES string of the molecule is CN(C)c1onc2c1CC(c1ccccc1F)CC2. The van der Waals surface area contributed by atoms with E-state index in [1.54, 1.807) is 6.07 Å². The maximum atomic E-state index is 13.9. The second kappa shape index (κ2) is 4.68. The highest BCUT2D eigenvalue weighted by Gasteiger charge is 2.28. The number of nitrogens with zero attached hydrogens (tertiary/aromatic N) is 2. The molecule has 0 N–H and O–H groups in total. The van der Waals surface area contributed by atoms with Crippen molar-refractivity contribution < 1.29 is 8.91 Å². The molecule has 0 saturated heterocycles. The van der Waals surface area contributed by atoms with Crippen LogP contribution in [0.3, 0.4) is 0 Å². The monoisotopic (exact) mass is 260 g/mol. The molecule has 0 amide bonds.